The standard InChI is InChI=1S/C14H19F3N2/c1-10-5-6-19(9-10)12-4-3-11(8-18-2)13(7-12)14(15,16)17/h3-4,7,10,18H,5-6,8-9H2,1-2H3. The fourth-order valence-electron chi connectivity index (χ4n) is 2.54. The Morgan fingerprint density at radius 3 is 2.63 bits per heavy atom. The van der Waals surface area contributed by atoms with Gasteiger partial charge in [-0.25, -0.2) is 0 Å². The number of hydrogen-bond acceptors (Lipinski definition) is 2. The molecular formula is C14H19F3N2. The molecule has 0 aliphatic carbocycles. The number of halogens is 3. The third kappa shape index (κ3) is 3.21. The van der Waals surface area contributed by atoms with Gasteiger partial charge in [0.2, 0.25) is 0 Å². The van der Waals surface area contributed by atoms with E-state index in [2.05, 4.69) is 12.2 Å². The summed E-state index contributed by atoms with van der Waals surface area (Å²) < 4.78 is 39.2. The lowest BCUT2D eigenvalue weighted by Gasteiger charge is -2.21. The number of nitrogens with zero attached hydrogens (tertiary/aromatic N) is 1. The summed E-state index contributed by atoms with van der Waals surface area (Å²) in [6, 6.07) is 4.66. The van der Waals surface area contributed by atoms with E-state index < -0.39 is 11.7 Å². The molecule has 0 aromatic heterocycles. The minimum Gasteiger partial charge on any atom is -0.371 e. The zero-order valence-corrected chi connectivity index (χ0v) is 11.2. The van der Waals surface area contributed by atoms with Gasteiger partial charge in [-0.1, -0.05) is 13.0 Å². The topological polar surface area (TPSA) is 15.3 Å². The van der Waals surface area contributed by atoms with Crippen LogP contribution in [0.15, 0.2) is 18.2 Å². The van der Waals surface area contributed by atoms with Crippen molar-refractivity contribution in [1.82, 2.24) is 5.32 Å². The lowest BCUT2D eigenvalue weighted by Crippen LogP contribution is -2.21. The molecule has 2 rings (SSSR count). The van der Waals surface area contributed by atoms with Gasteiger partial charge in [-0.3, -0.25) is 0 Å². The lowest BCUT2D eigenvalue weighted by atomic mass is 10.1. The second-order valence-electron chi connectivity index (χ2n) is 5.21. The van der Waals surface area contributed by atoms with Crippen molar-refractivity contribution in [2.45, 2.75) is 26.1 Å². The monoisotopic (exact) mass is 272 g/mol. The van der Waals surface area contributed by atoms with Crippen LogP contribution in [0.1, 0.15) is 24.5 Å². The molecule has 1 heterocycles. The van der Waals surface area contributed by atoms with Crippen LogP contribution in [-0.2, 0) is 12.7 Å². The summed E-state index contributed by atoms with van der Waals surface area (Å²) in [5, 5.41) is 2.78. The number of rotatable bonds is 3. The minimum absolute atomic E-state index is 0.228. The van der Waals surface area contributed by atoms with Gasteiger partial charge in [0.15, 0.2) is 0 Å². The second-order valence-corrected chi connectivity index (χ2v) is 5.21. The van der Waals surface area contributed by atoms with Gasteiger partial charge < -0.3 is 10.2 Å². The number of anilines is 1. The Balaban J connectivity index is 2.32. The van der Waals surface area contributed by atoms with Crippen molar-refractivity contribution >= 4 is 5.69 Å². The second kappa shape index (κ2) is 5.41. The van der Waals surface area contributed by atoms with E-state index >= 15 is 0 Å². The maximum absolute atomic E-state index is 13.1. The molecule has 0 amide bonds. The summed E-state index contributed by atoms with van der Waals surface area (Å²) in [7, 11) is 1.65. The highest BCUT2D eigenvalue weighted by atomic mass is 19.4. The Kier molecular flexibility index (Phi) is 4.04. The largest absolute Gasteiger partial charge is 0.416 e. The first kappa shape index (κ1) is 14.2. The number of hydrogen-bond donors (Lipinski definition) is 1. The van der Waals surface area contributed by atoms with Crippen molar-refractivity contribution in [1.29, 1.82) is 0 Å². The Bertz CT molecular complexity index is 443. The van der Waals surface area contributed by atoms with Gasteiger partial charge in [0.1, 0.15) is 0 Å². The maximum Gasteiger partial charge on any atom is 0.416 e. The highest BCUT2D eigenvalue weighted by Gasteiger charge is 2.34. The van der Waals surface area contributed by atoms with Crippen molar-refractivity contribution < 1.29 is 13.2 Å². The van der Waals surface area contributed by atoms with Gasteiger partial charge in [0.25, 0.3) is 0 Å². The molecule has 1 aliphatic rings. The summed E-state index contributed by atoms with van der Waals surface area (Å²) >= 11 is 0. The Morgan fingerprint density at radius 1 is 1.37 bits per heavy atom. The summed E-state index contributed by atoms with van der Waals surface area (Å²) in [6.07, 6.45) is -3.26. The average Bonchev–Trinajstić information content (AvgIpc) is 2.75. The molecule has 5 heteroatoms. The molecule has 2 nitrogen and oxygen atoms in total. The lowest BCUT2D eigenvalue weighted by molar-refractivity contribution is -0.138. The SMILES string of the molecule is CNCc1ccc(N2CCC(C)C2)cc1C(F)(F)F. The van der Waals surface area contributed by atoms with E-state index in [0.29, 0.717) is 17.2 Å². The third-order valence-electron chi connectivity index (χ3n) is 3.56. The van der Waals surface area contributed by atoms with Crippen LogP contribution in [0.4, 0.5) is 18.9 Å². The van der Waals surface area contributed by atoms with Gasteiger partial charge in [0, 0.05) is 25.3 Å². The van der Waals surface area contributed by atoms with Crippen LogP contribution in [-0.4, -0.2) is 20.1 Å². The van der Waals surface area contributed by atoms with Crippen LogP contribution < -0.4 is 10.2 Å². The highest BCUT2D eigenvalue weighted by Crippen LogP contribution is 2.35. The molecule has 1 unspecified atom stereocenters. The molecule has 106 valence electrons. The average molecular weight is 272 g/mol. The first-order valence-electron chi connectivity index (χ1n) is 6.51. The van der Waals surface area contributed by atoms with E-state index in [-0.39, 0.29) is 6.54 Å². The molecule has 0 spiro atoms. The smallest absolute Gasteiger partial charge is 0.371 e. The minimum atomic E-state index is -4.30. The molecular weight excluding hydrogens is 253 g/mol. The van der Waals surface area contributed by atoms with Crippen LogP contribution in [0.5, 0.6) is 0 Å². The molecule has 1 atom stereocenters. The molecule has 0 saturated carbocycles. The van der Waals surface area contributed by atoms with E-state index in [1.54, 1.807) is 19.2 Å². The van der Waals surface area contributed by atoms with Crippen LogP contribution in [0.3, 0.4) is 0 Å². The Labute approximate surface area is 111 Å². The van der Waals surface area contributed by atoms with E-state index in [0.717, 1.165) is 19.5 Å². The quantitative estimate of drug-likeness (QED) is 0.908. The Hall–Kier alpha value is -1.23. The molecule has 1 aromatic rings. The fraction of sp³-hybridized carbons (Fsp3) is 0.571. The fourth-order valence-corrected chi connectivity index (χ4v) is 2.54. The van der Waals surface area contributed by atoms with Gasteiger partial charge in [-0.15, -0.1) is 0 Å². The van der Waals surface area contributed by atoms with E-state index in [1.165, 1.54) is 6.07 Å². The molecule has 0 bridgehead atoms. The van der Waals surface area contributed by atoms with Crippen molar-refractivity contribution in [3.8, 4) is 0 Å². The zero-order valence-electron chi connectivity index (χ0n) is 11.2. The number of benzene rings is 1. The van der Waals surface area contributed by atoms with Crippen LogP contribution >= 0.6 is 0 Å². The zero-order chi connectivity index (χ0) is 14.0. The first-order valence-corrected chi connectivity index (χ1v) is 6.51. The molecule has 1 fully saturated rings. The normalized spacial score (nSPS) is 20.1. The predicted molar refractivity (Wildman–Crippen MR) is 70.2 cm³/mol. The predicted octanol–water partition coefficient (Wildman–Crippen LogP) is 3.27. The van der Waals surface area contributed by atoms with Crippen molar-refractivity contribution in [2.24, 2.45) is 5.92 Å². The van der Waals surface area contributed by atoms with Gasteiger partial charge in [0.05, 0.1) is 5.56 Å². The number of nitrogens with one attached hydrogen (secondary N) is 1. The summed E-state index contributed by atoms with van der Waals surface area (Å²) in [5.74, 6) is 0.548. The van der Waals surface area contributed by atoms with Crippen molar-refractivity contribution in [3.63, 3.8) is 0 Å². The third-order valence-corrected chi connectivity index (χ3v) is 3.56. The summed E-state index contributed by atoms with van der Waals surface area (Å²) in [5.41, 5.74) is 0.446. The summed E-state index contributed by atoms with van der Waals surface area (Å²) in [4.78, 5) is 2.03. The van der Waals surface area contributed by atoms with Crippen molar-refractivity contribution in [3.05, 3.63) is 29.3 Å². The van der Waals surface area contributed by atoms with Crippen molar-refractivity contribution in [2.75, 3.05) is 25.0 Å². The molecule has 1 aromatic carbocycles. The van der Waals surface area contributed by atoms with Crippen LogP contribution in [0.25, 0.3) is 0 Å². The van der Waals surface area contributed by atoms with E-state index in [9.17, 15) is 13.2 Å². The number of alkyl halides is 3. The maximum atomic E-state index is 13.1. The van der Waals surface area contributed by atoms with Gasteiger partial charge >= 0.3 is 6.18 Å². The molecule has 1 saturated heterocycles. The first-order chi connectivity index (χ1) is 8.91. The van der Waals surface area contributed by atoms with Crippen LogP contribution in [0.2, 0.25) is 0 Å². The van der Waals surface area contributed by atoms with Gasteiger partial charge in [-0.05, 0) is 37.1 Å². The molecule has 1 N–H and O–H groups in total. The van der Waals surface area contributed by atoms with Crippen LogP contribution in [0, 0.1) is 5.92 Å². The molecule has 19 heavy (non-hydrogen) atoms. The van der Waals surface area contributed by atoms with E-state index in [1.807, 2.05) is 4.90 Å². The Morgan fingerprint density at radius 2 is 2.11 bits per heavy atom. The molecule has 0 radical (unpaired) electrons. The molecule has 1 aliphatic heterocycles. The highest BCUT2D eigenvalue weighted by molar-refractivity contribution is 5.52. The van der Waals surface area contributed by atoms with Gasteiger partial charge in [-0.2, -0.15) is 13.2 Å². The summed E-state index contributed by atoms with van der Waals surface area (Å²) in [6.45, 7) is 4.03. The van der Waals surface area contributed by atoms with E-state index in [4.69, 9.17) is 0 Å².